The molecule has 1 aliphatic heterocycles. The molecule has 0 unspecified atom stereocenters. The molecule has 7 nitrogen and oxygen atoms in total. The first-order valence-corrected chi connectivity index (χ1v) is 9.01. The fraction of sp³-hybridized carbons (Fsp3) is 0.500. The number of aliphatic hydroxyl groups is 1. The van der Waals surface area contributed by atoms with E-state index in [1.807, 2.05) is 6.26 Å². The zero-order valence-electron chi connectivity index (χ0n) is 13.8. The SMILES string of the molecule is CSCC[C@@](C)(O)CNC(=O)C(=O)Nc1ccc2c(c1)OCCO2. The van der Waals surface area contributed by atoms with E-state index in [9.17, 15) is 14.7 Å². The fourth-order valence-electron chi connectivity index (χ4n) is 2.07. The second-order valence-corrected chi connectivity index (χ2v) is 6.72. The van der Waals surface area contributed by atoms with Gasteiger partial charge in [0.15, 0.2) is 11.5 Å². The molecule has 1 heterocycles. The Bertz CT molecular complexity index is 606. The third kappa shape index (κ3) is 5.31. The average Bonchev–Trinajstić information content (AvgIpc) is 2.58. The predicted molar refractivity (Wildman–Crippen MR) is 92.7 cm³/mol. The molecule has 0 spiro atoms. The van der Waals surface area contributed by atoms with Crippen LogP contribution < -0.4 is 20.1 Å². The van der Waals surface area contributed by atoms with E-state index in [0.29, 0.717) is 36.8 Å². The molecule has 0 aliphatic carbocycles. The summed E-state index contributed by atoms with van der Waals surface area (Å²) in [6.07, 6.45) is 2.47. The standard InChI is InChI=1S/C16H22N2O5S/c1-16(21,5-8-24-2)10-17-14(19)15(20)18-11-3-4-12-13(9-11)23-7-6-22-12/h3-4,9,21H,5-8,10H2,1-2H3,(H,17,19)(H,18,20)/t16-/m1/s1. The second-order valence-electron chi connectivity index (χ2n) is 5.73. The predicted octanol–water partition coefficient (Wildman–Crippen LogP) is 1.02. The molecular weight excluding hydrogens is 332 g/mol. The van der Waals surface area contributed by atoms with Gasteiger partial charge in [-0.25, -0.2) is 0 Å². The molecule has 0 fully saturated rings. The molecule has 1 aromatic carbocycles. The highest BCUT2D eigenvalue weighted by molar-refractivity contribution is 7.98. The van der Waals surface area contributed by atoms with Gasteiger partial charge in [0.05, 0.1) is 5.60 Å². The summed E-state index contributed by atoms with van der Waals surface area (Å²) in [4.78, 5) is 23.8. The Labute approximate surface area is 145 Å². The molecule has 1 atom stereocenters. The molecule has 2 amide bonds. The highest BCUT2D eigenvalue weighted by atomic mass is 32.2. The van der Waals surface area contributed by atoms with E-state index in [2.05, 4.69) is 10.6 Å². The van der Waals surface area contributed by atoms with Gasteiger partial charge < -0.3 is 25.2 Å². The Balaban J connectivity index is 1.86. The quantitative estimate of drug-likeness (QED) is 0.660. The Morgan fingerprint density at radius 2 is 1.96 bits per heavy atom. The van der Waals surface area contributed by atoms with Gasteiger partial charge in [0.25, 0.3) is 0 Å². The molecule has 3 N–H and O–H groups in total. The van der Waals surface area contributed by atoms with Crippen molar-refractivity contribution in [2.45, 2.75) is 18.9 Å². The molecule has 0 saturated heterocycles. The van der Waals surface area contributed by atoms with E-state index < -0.39 is 17.4 Å². The Morgan fingerprint density at radius 3 is 2.67 bits per heavy atom. The van der Waals surface area contributed by atoms with Crippen molar-refractivity contribution in [3.63, 3.8) is 0 Å². The molecule has 1 aliphatic rings. The van der Waals surface area contributed by atoms with Crippen LogP contribution in [0.1, 0.15) is 13.3 Å². The normalized spacial score (nSPS) is 15.3. The van der Waals surface area contributed by atoms with E-state index in [-0.39, 0.29) is 6.54 Å². The van der Waals surface area contributed by atoms with E-state index in [1.165, 1.54) is 0 Å². The Hall–Kier alpha value is -1.93. The lowest BCUT2D eigenvalue weighted by Gasteiger charge is -2.23. The maximum Gasteiger partial charge on any atom is 0.313 e. The van der Waals surface area contributed by atoms with Gasteiger partial charge in [-0.3, -0.25) is 9.59 Å². The number of carbonyl (C=O) groups excluding carboxylic acids is 2. The third-order valence-corrected chi connectivity index (χ3v) is 4.09. The number of fused-ring (bicyclic) bond motifs is 1. The lowest BCUT2D eigenvalue weighted by atomic mass is 10.0. The largest absolute Gasteiger partial charge is 0.486 e. The molecule has 132 valence electrons. The van der Waals surface area contributed by atoms with Crippen molar-refractivity contribution in [1.82, 2.24) is 5.32 Å². The molecule has 0 saturated carbocycles. The van der Waals surface area contributed by atoms with Gasteiger partial charge in [-0.2, -0.15) is 11.8 Å². The fourth-order valence-corrected chi connectivity index (χ4v) is 2.71. The van der Waals surface area contributed by atoms with E-state index in [1.54, 1.807) is 36.9 Å². The van der Waals surface area contributed by atoms with Crippen molar-refractivity contribution in [3.05, 3.63) is 18.2 Å². The molecule has 0 radical (unpaired) electrons. The van der Waals surface area contributed by atoms with Crippen LogP contribution in [-0.2, 0) is 9.59 Å². The van der Waals surface area contributed by atoms with Gasteiger partial charge in [-0.1, -0.05) is 0 Å². The van der Waals surface area contributed by atoms with Gasteiger partial charge in [0, 0.05) is 18.3 Å². The van der Waals surface area contributed by atoms with Crippen molar-refractivity contribution in [2.75, 3.05) is 37.1 Å². The number of rotatable bonds is 6. The maximum atomic E-state index is 11.9. The summed E-state index contributed by atoms with van der Waals surface area (Å²) in [5.74, 6) is 0.307. The van der Waals surface area contributed by atoms with Crippen molar-refractivity contribution in [2.24, 2.45) is 0 Å². The molecule has 0 aromatic heterocycles. The summed E-state index contributed by atoms with van der Waals surface area (Å²) in [5.41, 5.74) is -0.607. The lowest BCUT2D eigenvalue weighted by molar-refractivity contribution is -0.136. The first-order chi connectivity index (χ1) is 11.4. The van der Waals surface area contributed by atoms with Gasteiger partial charge >= 0.3 is 11.8 Å². The van der Waals surface area contributed by atoms with Crippen molar-refractivity contribution in [1.29, 1.82) is 0 Å². The number of anilines is 1. The number of hydrogen-bond donors (Lipinski definition) is 3. The van der Waals surface area contributed by atoms with Crippen LogP contribution in [0.2, 0.25) is 0 Å². The molecular formula is C16H22N2O5S. The highest BCUT2D eigenvalue weighted by Crippen LogP contribution is 2.32. The van der Waals surface area contributed by atoms with Crippen LogP contribution in [0.25, 0.3) is 0 Å². The van der Waals surface area contributed by atoms with Gasteiger partial charge in [0.2, 0.25) is 0 Å². The van der Waals surface area contributed by atoms with Crippen LogP contribution in [0.5, 0.6) is 11.5 Å². The number of amides is 2. The van der Waals surface area contributed by atoms with Gasteiger partial charge in [-0.05, 0) is 37.5 Å². The van der Waals surface area contributed by atoms with Crippen LogP contribution >= 0.6 is 11.8 Å². The number of ether oxygens (including phenoxy) is 2. The smallest absolute Gasteiger partial charge is 0.313 e. The second kappa shape index (κ2) is 8.25. The number of nitrogens with one attached hydrogen (secondary N) is 2. The number of carbonyl (C=O) groups is 2. The topological polar surface area (TPSA) is 96.9 Å². The monoisotopic (exact) mass is 354 g/mol. The molecule has 2 rings (SSSR count). The Morgan fingerprint density at radius 1 is 1.25 bits per heavy atom. The number of benzene rings is 1. The lowest BCUT2D eigenvalue weighted by Crippen LogP contribution is -2.44. The van der Waals surface area contributed by atoms with Crippen LogP contribution in [0.3, 0.4) is 0 Å². The summed E-state index contributed by atoms with van der Waals surface area (Å²) >= 11 is 1.61. The first kappa shape index (κ1) is 18.4. The van der Waals surface area contributed by atoms with Crippen LogP contribution in [0.15, 0.2) is 18.2 Å². The van der Waals surface area contributed by atoms with Crippen LogP contribution in [0.4, 0.5) is 5.69 Å². The van der Waals surface area contributed by atoms with E-state index in [0.717, 1.165) is 5.75 Å². The minimum absolute atomic E-state index is 0.0148. The minimum atomic E-state index is -1.05. The highest BCUT2D eigenvalue weighted by Gasteiger charge is 2.23. The summed E-state index contributed by atoms with van der Waals surface area (Å²) in [5, 5.41) is 15.1. The zero-order valence-corrected chi connectivity index (χ0v) is 14.6. The van der Waals surface area contributed by atoms with Crippen LogP contribution in [-0.4, -0.2) is 54.3 Å². The molecule has 1 aromatic rings. The minimum Gasteiger partial charge on any atom is -0.486 e. The number of hydrogen-bond acceptors (Lipinski definition) is 6. The van der Waals surface area contributed by atoms with E-state index in [4.69, 9.17) is 9.47 Å². The molecule has 0 bridgehead atoms. The maximum absolute atomic E-state index is 11.9. The van der Waals surface area contributed by atoms with Crippen molar-refractivity contribution in [3.8, 4) is 11.5 Å². The Kier molecular flexibility index (Phi) is 6.33. The summed E-state index contributed by atoms with van der Waals surface area (Å²) in [6, 6.07) is 4.91. The summed E-state index contributed by atoms with van der Waals surface area (Å²) in [7, 11) is 0. The zero-order chi connectivity index (χ0) is 17.6. The van der Waals surface area contributed by atoms with Crippen molar-refractivity contribution < 1.29 is 24.2 Å². The number of thioether (sulfide) groups is 1. The van der Waals surface area contributed by atoms with Gasteiger partial charge in [-0.15, -0.1) is 0 Å². The summed E-state index contributed by atoms with van der Waals surface area (Å²) < 4.78 is 10.8. The molecule has 24 heavy (non-hydrogen) atoms. The molecule has 8 heteroatoms. The van der Waals surface area contributed by atoms with E-state index >= 15 is 0 Å². The van der Waals surface area contributed by atoms with Crippen molar-refractivity contribution >= 4 is 29.3 Å². The van der Waals surface area contributed by atoms with Gasteiger partial charge in [0.1, 0.15) is 13.2 Å². The third-order valence-electron chi connectivity index (χ3n) is 3.48. The summed E-state index contributed by atoms with van der Waals surface area (Å²) in [6.45, 7) is 2.57. The average molecular weight is 354 g/mol. The first-order valence-electron chi connectivity index (χ1n) is 7.61. The van der Waals surface area contributed by atoms with Crippen LogP contribution in [0, 0.1) is 0 Å².